The number of carbonyl (C=O) groups excluding carboxylic acids is 1. The summed E-state index contributed by atoms with van der Waals surface area (Å²) >= 11 is 0. The van der Waals surface area contributed by atoms with E-state index in [1.54, 1.807) is 19.1 Å². The SMILES string of the molecule is C=CCCC(=O)Nc1cc(C(=O)O)c(C)cc1C. The lowest BCUT2D eigenvalue weighted by molar-refractivity contribution is -0.116. The number of carboxylic acid groups (broad SMARTS) is 1. The van der Waals surface area contributed by atoms with Crippen molar-refractivity contribution in [3.63, 3.8) is 0 Å². The van der Waals surface area contributed by atoms with Crippen molar-refractivity contribution in [1.82, 2.24) is 0 Å². The Morgan fingerprint density at radius 2 is 2.00 bits per heavy atom. The van der Waals surface area contributed by atoms with Crippen molar-refractivity contribution in [2.75, 3.05) is 5.32 Å². The minimum Gasteiger partial charge on any atom is -0.478 e. The van der Waals surface area contributed by atoms with Gasteiger partial charge in [0.05, 0.1) is 5.56 Å². The van der Waals surface area contributed by atoms with Crippen molar-refractivity contribution in [1.29, 1.82) is 0 Å². The number of benzene rings is 1. The van der Waals surface area contributed by atoms with Crippen LogP contribution in [0.4, 0.5) is 5.69 Å². The van der Waals surface area contributed by atoms with E-state index in [9.17, 15) is 9.59 Å². The Kier molecular flexibility index (Phi) is 4.66. The Labute approximate surface area is 106 Å². The maximum Gasteiger partial charge on any atom is 0.336 e. The number of allylic oxidation sites excluding steroid dienone is 1. The largest absolute Gasteiger partial charge is 0.478 e. The number of aromatic carboxylic acids is 1. The minimum absolute atomic E-state index is 0.141. The van der Waals surface area contributed by atoms with Gasteiger partial charge in [-0.3, -0.25) is 4.79 Å². The molecule has 0 aliphatic rings. The van der Waals surface area contributed by atoms with Gasteiger partial charge in [-0.15, -0.1) is 6.58 Å². The van der Waals surface area contributed by atoms with E-state index in [0.717, 1.165) is 5.56 Å². The molecular weight excluding hydrogens is 230 g/mol. The summed E-state index contributed by atoms with van der Waals surface area (Å²) in [6.07, 6.45) is 2.62. The van der Waals surface area contributed by atoms with Gasteiger partial charge in [-0.25, -0.2) is 4.79 Å². The van der Waals surface area contributed by atoms with Crippen molar-refractivity contribution in [2.45, 2.75) is 26.7 Å². The average Bonchev–Trinajstić information content (AvgIpc) is 2.29. The van der Waals surface area contributed by atoms with Crippen LogP contribution in [0.5, 0.6) is 0 Å². The van der Waals surface area contributed by atoms with E-state index in [2.05, 4.69) is 11.9 Å². The van der Waals surface area contributed by atoms with Crippen LogP contribution in [0.1, 0.15) is 34.3 Å². The maximum atomic E-state index is 11.6. The first-order valence-electron chi connectivity index (χ1n) is 5.71. The lowest BCUT2D eigenvalue weighted by Gasteiger charge is -2.11. The Hall–Kier alpha value is -2.10. The second-order valence-corrected chi connectivity index (χ2v) is 4.16. The monoisotopic (exact) mass is 247 g/mol. The molecule has 0 saturated carbocycles. The molecule has 1 aromatic carbocycles. The molecule has 0 unspecified atom stereocenters. The lowest BCUT2D eigenvalue weighted by Crippen LogP contribution is -2.13. The number of anilines is 1. The summed E-state index contributed by atoms with van der Waals surface area (Å²) < 4.78 is 0. The van der Waals surface area contributed by atoms with Crippen LogP contribution in [-0.2, 0) is 4.79 Å². The number of carbonyl (C=O) groups is 2. The summed E-state index contributed by atoms with van der Waals surface area (Å²) in [5.41, 5.74) is 2.29. The van der Waals surface area contributed by atoms with Crippen LogP contribution in [0.3, 0.4) is 0 Å². The number of amides is 1. The summed E-state index contributed by atoms with van der Waals surface area (Å²) in [6.45, 7) is 7.12. The van der Waals surface area contributed by atoms with Gasteiger partial charge in [0.25, 0.3) is 0 Å². The Morgan fingerprint density at radius 3 is 2.56 bits per heavy atom. The molecule has 1 aromatic rings. The number of hydrogen-bond acceptors (Lipinski definition) is 2. The van der Waals surface area contributed by atoms with E-state index >= 15 is 0 Å². The second-order valence-electron chi connectivity index (χ2n) is 4.16. The summed E-state index contributed by atoms with van der Waals surface area (Å²) in [5.74, 6) is -1.13. The van der Waals surface area contributed by atoms with Crippen molar-refractivity contribution in [3.05, 3.63) is 41.5 Å². The van der Waals surface area contributed by atoms with Gasteiger partial charge < -0.3 is 10.4 Å². The fourth-order valence-electron chi connectivity index (χ4n) is 1.66. The van der Waals surface area contributed by atoms with Crippen LogP contribution >= 0.6 is 0 Å². The Morgan fingerprint density at radius 1 is 1.33 bits per heavy atom. The fraction of sp³-hybridized carbons (Fsp3) is 0.286. The van der Waals surface area contributed by atoms with Crippen molar-refractivity contribution >= 4 is 17.6 Å². The van der Waals surface area contributed by atoms with Crippen LogP contribution in [0.25, 0.3) is 0 Å². The molecule has 18 heavy (non-hydrogen) atoms. The average molecular weight is 247 g/mol. The van der Waals surface area contributed by atoms with E-state index in [-0.39, 0.29) is 11.5 Å². The first-order chi connectivity index (χ1) is 8.45. The summed E-state index contributed by atoms with van der Waals surface area (Å²) in [7, 11) is 0. The van der Waals surface area contributed by atoms with Crippen LogP contribution in [0.2, 0.25) is 0 Å². The molecule has 0 aliphatic carbocycles. The predicted molar refractivity (Wildman–Crippen MR) is 70.9 cm³/mol. The molecule has 0 bridgehead atoms. The van der Waals surface area contributed by atoms with Crippen LogP contribution < -0.4 is 5.32 Å². The summed E-state index contributed by atoms with van der Waals surface area (Å²) in [5, 5.41) is 11.7. The highest BCUT2D eigenvalue weighted by atomic mass is 16.4. The topological polar surface area (TPSA) is 66.4 Å². The van der Waals surface area contributed by atoms with E-state index in [4.69, 9.17) is 5.11 Å². The number of aryl methyl sites for hydroxylation is 2. The van der Waals surface area contributed by atoms with E-state index < -0.39 is 5.97 Å². The second kappa shape index (κ2) is 6.00. The standard InChI is InChI=1S/C14H17NO3/c1-4-5-6-13(16)15-12-8-11(14(17)18)9(2)7-10(12)3/h4,7-8H,1,5-6H2,2-3H3,(H,15,16)(H,17,18). The highest BCUT2D eigenvalue weighted by Gasteiger charge is 2.11. The van der Waals surface area contributed by atoms with Gasteiger partial charge in [0.15, 0.2) is 0 Å². The molecule has 1 amide bonds. The molecule has 0 atom stereocenters. The molecule has 1 rings (SSSR count). The molecule has 4 nitrogen and oxygen atoms in total. The van der Waals surface area contributed by atoms with Crippen LogP contribution in [0.15, 0.2) is 24.8 Å². The van der Waals surface area contributed by atoms with Gasteiger partial charge in [0, 0.05) is 12.1 Å². The minimum atomic E-state index is -0.992. The molecule has 4 heteroatoms. The molecule has 2 N–H and O–H groups in total. The molecule has 0 radical (unpaired) electrons. The number of carboxylic acids is 1. The number of hydrogen-bond donors (Lipinski definition) is 2. The molecular formula is C14H17NO3. The highest BCUT2D eigenvalue weighted by Crippen LogP contribution is 2.21. The van der Waals surface area contributed by atoms with E-state index in [1.807, 2.05) is 6.92 Å². The van der Waals surface area contributed by atoms with Gasteiger partial charge >= 0.3 is 5.97 Å². The van der Waals surface area contributed by atoms with E-state index in [0.29, 0.717) is 24.1 Å². The molecule has 0 fully saturated rings. The quantitative estimate of drug-likeness (QED) is 0.786. The zero-order chi connectivity index (χ0) is 13.7. The van der Waals surface area contributed by atoms with Gasteiger partial charge in [-0.05, 0) is 37.5 Å². The first-order valence-corrected chi connectivity index (χ1v) is 5.71. The summed E-state index contributed by atoms with van der Waals surface area (Å²) in [4.78, 5) is 22.6. The molecule has 0 heterocycles. The highest BCUT2D eigenvalue weighted by molar-refractivity contribution is 5.95. The normalized spacial score (nSPS) is 9.89. The van der Waals surface area contributed by atoms with Crippen LogP contribution in [0, 0.1) is 13.8 Å². The van der Waals surface area contributed by atoms with Crippen LogP contribution in [-0.4, -0.2) is 17.0 Å². The first kappa shape index (κ1) is 14.0. The number of rotatable bonds is 5. The van der Waals surface area contributed by atoms with Crippen molar-refractivity contribution in [2.24, 2.45) is 0 Å². The van der Waals surface area contributed by atoms with Gasteiger partial charge in [0.1, 0.15) is 0 Å². The smallest absolute Gasteiger partial charge is 0.336 e. The third-order valence-corrected chi connectivity index (χ3v) is 2.65. The Bertz CT molecular complexity index is 492. The van der Waals surface area contributed by atoms with E-state index in [1.165, 1.54) is 6.07 Å². The number of nitrogens with one attached hydrogen (secondary N) is 1. The van der Waals surface area contributed by atoms with Crippen molar-refractivity contribution < 1.29 is 14.7 Å². The third-order valence-electron chi connectivity index (χ3n) is 2.65. The Balaban J connectivity index is 2.95. The van der Waals surface area contributed by atoms with Crippen molar-refractivity contribution in [3.8, 4) is 0 Å². The molecule has 0 saturated heterocycles. The molecule has 0 spiro atoms. The van der Waals surface area contributed by atoms with Gasteiger partial charge in [-0.2, -0.15) is 0 Å². The summed E-state index contributed by atoms with van der Waals surface area (Å²) in [6, 6.07) is 3.26. The third kappa shape index (κ3) is 3.45. The predicted octanol–water partition coefficient (Wildman–Crippen LogP) is 2.91. The zero-order valence-electron chi connectivity index (χ0n) is 10.6. The maximum absolute atomic E-state index is 11.6. The van der Waals surface area contributed by atoms with Gasteiger partial charge in [-0.1, -0.05) is 12.1 Å². The molecule has 0 aliphatic heterocycles. The zero-order valence-corrected chi connectivity index (χ0v) is 10.6. The molecule has 0 aromatic heterocycles. The fourth-order valence-corrected chi connectivity index (χ4v) is 1.66. The van der Waals surface area contributed by atoms with Gasteiger partial charge in [0.2, 0.25) is 5.91 Å². The lowest BCUT2D eigenvalue weighted by atomic mass is 10.0. The molecule has 96 valence electrons.